The number of primary sulfonamides is 1. The first kappa shape index (κ1) is 23.4. The van der Waals surface area contributed by atoms with E-state index in [0.717, 1.165) is 0 Å². The lowest BCUT2D eigenvalue weighted by atomic mass is 9.91. The summed E-state index contributed by atoms with van der Waals surface area (Å²) < 4.78 is 41.3. The lowest BCUT2D eigenvalue weighted by Gasteiger charge is -2.29. The molecule has 1 unspecified atom stereocenters. The lowest BCUT2D eigenvalue weighted by Crippen LogP contribution is -2.39. The van der Waals surface area contributed by atoms with Gasteiger partial charge in [0.15, 0.2) is 0 Å². The highest BCUT2D eigenvalue weighted by molar-refractivity contribution is 7.89. The van der Waals surface area contributed by atoms with E-state index in [4.69, 9.17) is 9.88 Å². The van der Waals surface area contributed by atoms with Crippen LogP contribution in [0, 0.1) is 5.82 Å². The molecule has 4 N–H and O–H groups in total. The number of benzene rings is 2. The van der Waals surface area contributed by atoms with Crippen LogP contribution in [0.25, 0.3) is 0 Å². The quantitative estimate of drug-likeness (QED) is 0.544. The summed E-state index contributed by atoms with van der Waals surface area (Å²) in [6, 6.07) is 10.5. The van der Waals surface area contributed by atoms with Crippen molar-refractivity contribution in [2.75, 3.05) is 11.9 Å². The maximum atomic E-state index is 13.3. The SMILES string of the molecule is CCOC(=O)C1=C(NC(=O)c2ccc(S(N)(=O)=O)cc2)C(Nc2ccc(F)cc2)CCC1. The van der Waals surface area contributed by atoms with Crippen molar-refractivity contribution < 1.29 is 27.1 Å². The molecule has 1 aliphatic carbocycles. The Bertz CT molecular complexity index is 1130. The van der Waals surface area contributed by atoms with Gasteiger partial charge in [-0.2, -0.15) is 0 Å². The normalized spacial score (nSPS) is 16.4. The molecule has 0 radical (unpaired) electrons. The van der Waals surface area contributed by atoms with Crippen LogP contribution in [0.4, 0.5) is 10.1 Å². The number of nitrogens with one attached hydrogen (secondary N) is 2. The molecule has 32 heavy (non-hydrogen) atoms. The highest BCUT2D eigenvalue weighted by atomic mass is 32.2. The first-order valence-corrected chi connectivity index (χ1v) is 11.6. The van der Waals surface area contributed by atoms with Gasteiger partial charge in [0.1, 0.15) is 5.82 Å². The number of hydrogen-bond donors (Lipinski definition) is 3. The molecule has 3 rings (SSSR count). The van der Waals surface area contributed by atoms with E-state index >= 15 is 0 Å². The number of nitrogens with two attached hydrogens (primary N) is 1. The number of carbonyl (C=O) groups is 2. The molecule has 0 saturated heterocycles. The zero-order chi connectivity index (χ0) is 23.3. The predicted molar refractivity (Wildman–Crippen MR) is 117 cm³/mol. The van der Waals surface area contributed by atoms with Gasteiger partial charge in [-0.3, -0.25) is 4.79 Å². The fourth-order valence-electron chi connectivity index (χ4n) is 3.45. The summed E-state index contributed by atoms with van der Waals surface area (Å²) in [4.78, 5) is 25.3. The minimum absolute atomic E-state index is 0.117. The van der Waals surface area contributed by atoms with E-state index in [1.165, 1.54) is 36.4 Å². The highest BCUT2D eigenvalue weighted by Crippen LogP contribution is 2.28. The number of esters is 1. The molecule has 0 heterocycles. The Morgan fingerprint density at radius 3 is 2.38 bits per heavy atom. The third-order valence-electron chi connectivity index (χ3n) is 4.99. The van der Waals surface area contributed by atoms with E-state index in [1.807, 2.05) is 0 Å². The molecule has 1 atom stereocenters. The van der Waals surface area contributed by atoms with Crippen molar-refractivity contribution in [3.8, 4) is 0 Å². The predicted octanol–water partition coefficient (Wildman–Crippen LogP) is 2.68. The molecule has 1 amide bonds. The van der Waals surface area contributed by atoms with Gasteiger partial charge in [-0.05, 0) is 74.7 Å². The monoisotopic (exact) mass is 461 g/mol. The van der Waals surface area contributed by atoms with Gasteiger partial charge >= 0.3 is 5.97 Å². The van der Waals surface area contributed by atoms with E-state index in [-0.39, 0.29) is 22.9 Å². The first-order valence-electron chi connectivity index (χ1n) is 10.1. The summed E-state index contributed by atoms with van der Waals surface area (Å²) in [7, 11) is -3.88. The van der Waals surface area contributed by atoms with Crippen molar-refractivity contribution in [1.82, 2.24) is 5.32 Å². The average Bonchev–Trinajstić information content (AvgIpc) is 2.76. The van der Waals surface area contributed by atoms with Crippen LogP contribution in [0.1, 0.15) is 36.5 Å². The molecular weight excluding hydrogens is 437 g/mol. The Kier molecular flexibility index (Phi) is 7.26. The highest BCUT2D eigenvalue weighted by Gasteiger charge is 2.29. The van der Waals surface area contributed by atoms with E-state index in [2.05, 4.69) is 10.6 Å². The van der Waals surface area contributed by atoms with Gasteiger partial charge in [0.05, 0.1) is 28.8 Å². The summed E-state index contributed by atoms with van der Waals surface area (Å²) in [6.45, 7) is 1.88. The van der Waals surface area contributed by atoms with Gasteiger partial charge < -0.3 is 15.4 Å². The number of ether oxygens (including phenoxy) is 1. The fraction of sp³-hybridized carbons (Fsp3) is 0.273. The van der Waals surface area contributed by atoms with Crippen molar-refractivity contribution in [1.29, 1.82) is 0 Å². The largest absolute Gasteiger partial charge is 0.463 e. The number of hydrogen-bond acceptors (Lipinski definition) is 6. The van der Waals surface area contributed by atoms with Crippen molar-refractivity contribution >= 4 is 27.6 Å². The van der Waals surface area contributed by atoms with Crippen molar-refractivity contribution in [3.05, 3.63) is 71.2 Å². The van der Waals surface area contributed by atoms with Crippen LogP contribution in [0.2, 0.25) is 0 Å². The smallest absolute Gasteiger partial charge is 0.335 e. The Labute approximate surface area is 185 Å². The summed E-state index contributed by atoms with van der Waals surface area (Å²) >= 11 is 0. The second kappa shape index (κ2) is 9.92. The third kappa shape index (κ3) is 5.71. The zero-order valence-electron chi connectivity index (χ0n) is 17.4. The van der Waals surface area contributed by atoms with Gasteiger partial charge in [-0.1, -0.05) is 0 Å². The van der Waals surface area contributed by atoms with Crippen LogP contribution in [0.3, 0.4) is 0 Å². The minimum Gasteiger partial charge on any atom is -0.463 e. The Morgan fingerprint density at radius 2 is 1.78 bits per heavy atom. The third-order valence-corrected chi connectivity index (χ3v) is 5.92. The van der Waals surface area contributed by atoms with E-state index in [1.54, 1.807) is 19.1 Å². The number of rotatable bonds is 7. The molecule has 1 aliphatic rings. The number of anilines is 1. The van der Waals surface area contributed by atoms with Crippen LogP contribution in [-0.4, -0.2) is 32.9 Å². The topological polar surface area (TPSA) is 128 Å². The fourth-order valence-corrected chi connectivity index (χ4v) is 3.96. The van der Waals surface area contributed by atoms with Gasteiger partial charge in [-0.25, -0.2) is 22.7 Å². The molecule has 0 fully saturated rings. The Hall–Kier alpha value is -3.24. The van der Waals surface area contributed by atoms with Crippen LogP contribution < -0.4 is 15.8 Å². The minimum atomic E-state index is -3.88. The van der Waals surface area contributed by atoms with Gasteiger partial charge in [-0.15, -0.1) is 0 Å². The summed E-state index contributed by atoms with van der Waals surface area (Å²) in [6.07, 6.45) is 1.75. The molecule has 0 aromatic heterocycles. The lowest BCUT2D eigenvalue weighted by molar-refractivity contribution is -0.138. The van der Waals surface area contributed by atoms with Gasteiger partial charge in [0, 0.05) is 11.3 Å². The second-order valence-electron chi connectivity index (χ2n) is 7.23. The standard InChI is InChI=1S/C22H24FN3O5S/c1-2-31-22(28)18-4-3-5-19(25-16-10-8-15(23)9-11-16)20(18)26-21(27)14-6-12-17(13-7-14)32(24,29)30/h6-13,19,25H,2-5H2,1H3,(H,26,27)(H2,24,29,30). The number of carbonyl (C=O) groups excluding carboxylic acids is 2. The van der Waals surface area contributed by atoms with Crippen LogP contribution >= 0.6 is 0 Å². The molecule has 0 saturated carbocycles. The second-order valence-corrected chi connectivity index (χ2v) is 8.79. The molecule has 0 bridgehead atoms. The molecule has 0 aliphatic heterocycles. The molecule has 8 nitrogen and oxygen atoms in total. The number of halogens is 1. The molecule has 10 heteroatoms. The molecular formula is C22H24FN3O5S. The molecule has 2 aromatic carbocycles. The summed E-state index contributed by atoms with van der Waals surface area (Å²) in [5, 5.41) is 11.1. The van der Waals surface area contributed by atoms with Crippen molar-refractivity contribution in [3.63, 3.8) is 0 Å². The maximum Gasteiger partial charge on any atom is 0.335 e. The Morgan fingerprint density at radius 1 is 1.12 bits per heavy atom. The average molecular weight is 462 g/mol. The molecule has 2 aromatic rings. The van der Waals surface area contributed by atoms with E-state index in [9.17, 15) is 22.4 Å². The Balaban J connectivity index is 1.90. The summed E-state index contributed by atoms with van der Waals surface area (Å²) in [5.74, 6) is -1.41. The van der Waals surface area contributed by atoms with Gasteiger partial charge in [0.2, 0.25) is 10.0 Å². The van der Waals surface area contributed by atoms with Gasteiger partial charge in [0.25, 0.3) is 5.91 Å². The molecule has 170 valence electrons. The van der Waals surface area contributed by atoms with Crippen LogP contribution in [-0.2, 0) is 19.6 Å². The number of amides is 1. The summed E-state index contributed by atoms with van der Waals surface area (Å²) in [5.41, 5.74) is 1.55. The molecule has 0 spiro atoms. The van der Waals surface area contributed by atoms with E-state index < -0.39 is 27.9 Å². The number of sulfonamides is 1. The van der Waals surface area contributed by atoms with Crippen LogP contribution in [0.5, 0.6) is 0 Å². The van der Waals surface area contributed by atoms with Crippen molar-refractivity contribution in [2.45, 2.75) is 37.1 Å². The van der Waals surface area contributed by atoms with Crippen molar-refractivity contribution in [2.24, 2.45) is 5.14 Å². The van der Waals surface area contributed by atoms with Crippen LogP contribution in [0.15, 0.2) is 64.7 Å². The first-order chi connectivity index (χ1) is 15.2. The maximum absolute atomic E-state index is 13.3. The van der Waals surface area contributed by atoms with E-state index in [0.29, 0.717) is 36.2 Å². The zero-order valence-corrected chi connectivity index (χ0v) is 18.2.